The predicted molar refractivity (Wildman–Crippen MR) is 177 cm³/mol. The van der Waals surface area contributed by atoms with Crippen molar-refractivity contribution < 1.29 is 28.7 Å². The zero-order valence-corrected chi connectivity index (χ0v) is 27.6. The number of likely N-dealkylation sites (tertiary alicyclic amines) is 2. The van der Waals surface area contributed by atoms with E-state index in [0.717, 1.165) is 28.9 Å². The van der Waals surface area contributed by atoms with Crippen LogP contribution < -0.4 is 15.0 Å². The number of hydrogen-bond donors (Lipinski definition) is 1. The lowest BCUT2D eigenvalue weighted by atomic mass is 9.82. The number of hydrogen-bond acceptors (Lipinski definition) is 7. The smallest absolute Gasteiger partial charge is 0.416 e. The number of benzene rings is 2. The van der Waals surface area contributed by atoms with Crippen molar-refractivity contribution >= 4 is 29.8 Å². The first-order valence-electron chi connectivity index (χ1n) is 16.0. The van der Waals surface area contributed by atoms with Crippen molar-refractivity contribution in [3.8, 4) is 5.75 Å². The van der Waals surface area contributed by atoms with E-state index < -0.39 is 41.5 Å². The van der Waals surface area contributed by atoms with Crippen LogP contribution in [0.15, 0.2) is 72.9 Å². The maximum atomic E-state index is 13.7. The quantitative estimate of drug-likeness (QED) is 0.338. The second-order valence-corrected chi connectivity index (χ2v) is 13.0. The molecule has 0 radical (unpaired) electrons. The maximum Gasteiger partial charge on any atom is 0.416 e. The molecular formula is C36H43N5O6. The fourth-order valence-electron chi connectivity index (χ4n) is 6.17. The molecule has 2 aliphatic rings. The number of imide groups is 1. The molecule has 0 saturated carbocycles. The highest BCUT2D eigenvalue weighted by Crippen LogP contribution is 2.34. The minimum Gasteiger partial charge on any atom is -0.497 e. The standard InChI is InChI=1S/C36H43N5O6/c1-36(2,3)47-35(45)40(22-24-13-15-28(46-5)16-14-24)30-21-25(17-18-38-30)20-29-31(32(42)37-4)41(33(29)43)34(44)39-19-9-12-27(23-39)26-10-7-6-8-11-26/h6-8,10-11,13-18,21,27,29,31H,9,12,19-20,22-23H2,1-5H3,(H,37,42)/t27-,29-,31+/m1/s1. The van der Waals surface area contributed by atoms with Gasteiger partial charge in [0.15, 0.2) is 0 Å². The second-order valence-electron chi connectivity index (χ2n) is 13.0. The first-order valence-corrected chi connectivity index (χ1v) is 16.0. The number of piperidine rings is 1. The zero-order chi connectivity index (χ0) is 33.7. The van der Waals surface area contributed by atoms with Crippen LogP contribution in [0.2, 0.25) is 0 Å². The first kappa shape index (κ1) is 33.4. The fraction of sp³-hybridized carbons (Fsp3) is 0.417. The molecule has 3 heterocycles. The van der Waals surface area contributed by atoms with Crippen LogP contribution in [0.1, 0.15) is 56.2 Å². The van der Waals surface area contributed by atoms with Crippen molar-refractivity contribution in [2.45, 2.75) is 64.1 Å². The van der Waals surface area contributed by atoms with Gasteiger partial charge in [0.25, 0.3) is 0 Å². The van der Waals surface area contributed by atoms with Crippen LogP contribution in [0.5, 0.6) is 5.75 Å². The molecule has 2 saturated heterocycles. The van der Waals surface area contributed by atoms with E-state index in [-0.39, 0.29) is 18.9 Å². The minimum absolute atomic E-state index is 0.167. The van der Waals surface area contributed by atoms with E-state index >= 15 is 0 Å². The summed E-state index contributed by atoms with van der Waals surface area (Å²) >= 11 is 0. The van der Waals surface area contributed by atoms with Crippen molar-refractivity contribution in [3.05, 3.63) is 89.6 Å². The van der Waals surface area contributed by atoms with Crippen LogP contribution in [0, 0.1) is 5.92 Å². The van der Waals surface area contributed by atoms with Crippen molar-refractivity contribution in [2.75, 3.05) is 32.1 Å². The Kier molecular flexibility index (Phi) is 10.1. The van der Waals surface area contributed by atoms with Gasteiger partial charge in [-0.05, 0) is 81.0 Å². The summed E-state index contributed by atoms with van der Waals surface area (Å²) in [4.78, 5) is 62.5. The number of pyridine rings is 1. The Morgan fingerprint density at radius 2 is 1.74 bits per heavy atom. The summed E-state index contributed by atoms with van der Waals surface area (Å²) < 4.78 is 11.0. The number of carbonyl (C=O) groups excluding carboxylic acids is 4. The molecule has 1 aromatic heterocycles. The number of likely N-dealkylation sites (N-methyl/N-ethyl adjacent to an activating group) is 1. The molecule has 5 amide bonds. The molecule has 0 aliphatic carbocycles. The third kappa shape index (κ3) is 7.73. The number of ether oxygens (including phenoxy) is 2. The number of anilines is 1. The highest BCUT2D eigenvalue weighted by molar-refractivity contribution is 6.09. The van der Waals surface area contributed by atoms with Gasteiger partial charge >= 0.3 is 12.1 Å². The highest BCUT2D eigenvalue weighted by atomic mass is 16.6. The lowest BCUT2D eigenvalue weighted by Crippen LogP contribution is -2.70. The van der Waals surface area contributed by atoms with Crippen molar-refractivity contribution in [1.29, 1.82) is 0 Å². The van der Waals surface area contributed by atoms with Gasteiger partial charge in [0.1, 0.15) is 23.2 Å². The molecule has 0 spiro atoms. The summed E-state index contributed by atoms with van der Waals surface area (Å²) in [5, 5.41) is 2.63. The average Bonchev–Trinajstić information content (AvgIpc) is 3.07. The molecule has 2 aliphatic heterocycles. The largest absolute Gasteiger partial charge is 0.497 e. The fourth-order valence-corrected chi connectivity index (χ4v) is 6.17. The predicted octanol–water partition coefficient (Wildman–Crippen LogP) is 5.15. The summed E-state index contributed by atoms with van der Waals surface area (Å²) in [6.45, 7) is 6.57. The Labute approximate surface area is 275 Å². The van der Waals surface area contributed by atoms with Crippen LogP contribution in [0.3, 0.4) is 0 Å². The van der Waals surface area contributed by atoms with Gasteiger partial charge in [-0.15, -0.1) is 0 Å². The van der Waals surface area contributed by atoms with Gasteiger partial charge in [0.2, 0.25) is 11.8 Å². The number of β-lactam (4-membered cyclic amide) rings is 1. The van der Waals surface area contributed by atoms with Crippen molar-refractivity contribution in [1.82, 2.24) is 20.1 Å². The zero-order valence-electron chi connectivity index (χ0n) is 27.6. The summed E-state index contributed by atoms with van der Waals surface area (Å²) in [6.07, 6.45) is 2.94. The topological polar surface area (TPSA) is 121 Å². The maximum absolute atomic E-state index is 13.7. The molecule has 2 fully saturated rings. The number of aromatic nitrogens is 1. The Balaban J connectivity index is 1.34. The van der Waals surface area contributed by atoms with Crippen LogP contribution in [0.25, 0.3) is 0 Å². The van der Waals surface area contributed by atoms with E-state index in [2.05, 4.69) is 22.4 Å². The molecule has 3 aromatic rings. The Morgan fingerprint density at radius 3 is 2.40 bits per heavy atom. The molecular weight excluding hydrogens is 598 g/mol. The van der Waals surface area contributed by atoms with E-state index in [1.54, 1.807) is 51.1 Å². The number of amides is 5. The normalized spacial score (nSPS) is 19.4. The Bertz CT molecular complexity index is 1590. The lowest BCUT2D eigenvalue weighted by Gasteiger charge is -2.47. The Morgan fingerprint density at radius 1 is 1.02 bits per heavy atom. The van der Waals surface area contributed by atoms with Gasteiger partial charge < -0.3 is 19.7 Å². The molecule has 0 unspecified atom stereocenters. The molecule has 0 bridgehead atoms. The Hall–Kier alpha value is -4.93. The summed E-state index contributed by atoms with van der Waals surface area (Å²) in [5.74, 6) is -0.350. The van der Waals surface area contributed by atoms with E-state index in [4.69, 9.17) is 9.47 Å². The summed E-state index contributed by atoms with van der Waals surface area (Å²) in [6, 6.07) is 19.5. The minimum atomic E-state index is -0.949. The van der Waals surface area contributed by atoms with Crippen LogP contribution in [-0.2, 0) is 27.3 Å². The van der Waals surface area contributed by atoms with Gasteiger partial charge in [-0.3, -0.25) is 19.4 Å². The van der Waals surface area contributed by atoms with E-state index in [9.17, 15) is 19.2 Å². The molecule has 3 atom stereocenters. The van der Waals surface area contributed by atoms with Crippen LogP contribution in [0.4, 0.5) is 15.4 Å². The van der Waals surface area contributed by atoms with Crippen LogP contribution >= 0.6 is 0 Å². The molecule has 11 nitrogen and oxygen atoms in total. The van der Waals surface area contributed by atoms with Crippen molar-refractivity contribution in [2.24, 2.45) is 5.92 Å². The average molecular weight is 642 g/mol. The molecule has 248 valence electrons. The second kappa shape index (κ2) is 14.2. The van der Waals surface area contributed by atoms with Crippen LogP contribution in [-0.4, -0.2) is 77.6 Å². The third-order valence-electron chi connectivity index (χ3n) is 8.55. The molecule has 1 N–H and O–H groups in total. The van der Waals surface area contributed by atoms with Gasteiger partial charge in [-0.1, -0.05) is 42.5 Å². The van der Waals surface area contributed by atoms with E-state index in [1.165, 1.54) is 11.9 Å². The number of nitrogens with zero attached hydrogens (tertiary/aromatic N) is 4. The van der Waals surface area contributed by atoms with Gasteiger partial charge in [0.05, 0.1) is 19.6 Å². The number of urea groups is 1. The first-order chi connectivity index (χ1) is 22.5. The van der Waals surface area contributed by atoms with E-state index in [1.807, 2.05) is 42.5 Å². The molecule has 47 heavy (non-hydrogen) atoms. The summed E-state index contributed by atoms with van der Waals surface area (Å²) in [5.41, 5.74) is 1.94. The van der Waals surface area contributed by atoms with E-state index in [0.29, 0.717) is 30.2 Å². The number of nitrogens with one attached hydrogen (secondary N) is 1. The number of rotatable bonds is 8. The van der Waals surface area contributed by atoms with Gasteiger partial charge in [0, 0.05) is 32.3 Å². The SMILES string of the molecule is CNC(=O)[C@@H]1[C@@H](Cc2ccnc(N(Cc3ccc(OC)cc3)C(=O)OC(C)(C)C)c2)C(=O)N1C(=O)N1CCC[C@@H](c2ccccc2)C1. The number of carbonyl (C=O) groups is 4. The highest BCUT2D eigenvalue weighted by Gasteiger charge is 2.55. The lowest BCUT2D eigenvalue weighted by molar-refractivity contribution is -0.158. The van der Waals surface area contributed by atoms with Gasteiger partial charge in [-0.25, -0.2) is 14.6 Å². The molecule has 5 rings (SSSR count). The number of methoxy groups -OCH3 is 1. The van der Waals surface area contributed by atoms with Gasteiger partial charge in [-0.2, -0.15) is 0 Å². The monoisotopic (exact) mass is 641 g/mol. The third-order valence-corrected chi connectivity index (χ3v) is 8.55. The molecule has 11 heteroatoms. The molecule has 2 aromatic carbocycles. The summed E-state index contributed by atoms with van der Waals surface area (Å²) in [7, 11) is 3.09. The van der Waals surface area contributed by atoms with Crippen molar-refractivity contribution in [3.63, 3.8) is 0 Å².